The van der Waals surface area contributed by atoms with E-state index < -0.39 is 12.1 Å². The molecule has 1 heterocycles. The Balaban J connectivity index is 1.32. The number of nitrogens with one attached hydrogen (secondary N) is 1. The molecular weight excluding hydrogens is 431 g/mol. The van der Waals surface area contributed by atoms with Crippen molar-refractivity contribution in [1.29, 1.82) is 0 Å². The molecule has 6 nitrogen and oxygen atoms in total. The summed E-state index contributed by atoms with van der Waals surface area (Å²) in [4.78, 5) is 29.3. The minimum absolute atomic E-state index is 0.00567. The van der Waals surface area contributed by atoms with Gasteiger partial charge in [-0.2, -0.15) is 0 Å². The summed E-state index contributed by atoms with van der Waals surface area (Å²) in [7, 11) is 0. The largest absolute Gasteiger partial charge is 0.351 e. The fraction of sp³-hybridized carbons (Fsp3) is 0.481. The molecule has 2 fully saturated rings. The van der Waals surface area contributed by atoms with Crippen LogP contribution in [-0.2, 0) is 4.79 Å². The molecule has 2 aromatic carbocycles. The van der Waals surface area contributed by atoms with E-state index in [9.17, 15) is 14.0 Å². The van der Waals surface area contributed by atoms with Crippen LogP contribution in [-0.4, -0.2) is 48.6 Å². The maximum atomic E-state index is 13.5. The van der Waals surface area contributed by atoms with E-state index in [-0.39, 0.29) is 11.7 Å². The molecule has 4 rings (SSSR count). The van der Waals surface area contributed by atoms with Gasteiger partial charge >= 0.3 is 6.03 Å². The molecular formula is C27H35FN4O2. The molecule has 0 unspecified atom stereocenters. The van der Waals surface area contributed by atoms with Gasteiger partial charge in [0.1, 0.15) is 11.9 Å². The topological polar surface area (TPSA) is 78.7 Å². The quantitative estimate of drug-likeness (QED) is 0.509. The van der Waals surface area contributed by atoms with Crippen molar-refractivity contribution in [2.24, 2.45) is 5.73 Å². The molecule has 0 bridgehead atoms. The fourth-order valence-corrected chi connectivity index (χ4v) is 4.99. The minimum atomic E-state index is -0.597. The fourth-order valence-electron chi connectivity index (χ4n) is 4.99. The highest BCUT2D eigenvalue weighted by atomic mass is 19.1. The number of anilines is 1. The lowest BCUT2D eigenvalue weighted by molar-refractivity contribution is -0.133. The molecule has 182 valence electrons. The number of para-hydroxylation sites is 1. The molecule has 1 aliphatic heterocycles. The number of nitrogens with zero attached hydrogens (tertiary/aromatic N) is 2. The molecule has 2 aromatic rings. The maximum Gasteiger partial charge on any atom is 0.320 e. The number of hydrogen-bond acceptors (Lipinski definition) is 3. The Morgan fingerprint density at radius 1 is 1.03 bits per heavy atom. The van der Waals surface area contributed by atoms with Gasteiger partial charge in [0.05, 0.1) is 0 Å². The monoisotopic (exact) mass is 466 g/mol. The molecule has 1 saturated carbocycles. The maximum absolute atomic E-state index is 13.5. The Hall–Kier alpha value is -2.93. The average Bonchev–Trinajstić information content (AvgIpc) is 3.63. The molecule has 7 heteroatoms. The summed E-state index contributed by atoms with van der Waals surface area (Å²) in [6.07, 6.45) is 6.48. The molecule has 3 atom stereocenters. The van der Waals surface area contributed by atoms with Crippen LogP contribution in [0.3, 0.4) is 0 Å². The van der Waals surface area contributed by atoms with Crippen LogP contribution in [0, 0.1) is 5.82 Å². The van der Waals surface area contributed by atoms with Crippen molar-refractivity contribution in [3.63, 3.8) is 0 Å². The Morgan fingerprint density at radius 2 is 1.74 bits per heavy atom. The number of primary amides is 1. The van der Waals surface area contributed by atoms with Gasteiger partial charge in [-0.1, -0.05) is 30.3 Å². The molecule has 0 aromatic heterocycles. The number of carbonyl (C=O) groups is 2. The second-order valence-electron chi connectivity index (χ2n) is 9.40. The molecule has 3 N–H and O–H groups in total. The summed E-state index contributed by atoms with van der Waals surface area (Å²) in [6.45, 7) is 2.32. The van der Waals surface area contributed by atoms with Crippen LogP contribution in [0.1, 0.15) is 56.4 Å². The second-order valence-corrected chi connectivity index (χ2v) is 9.40. The molecule has 3 amide bonds. The zero-order valence-electron chi connectivity index (χ0n) is 19.7. The van der Waals surface area contributed by atoms with Crippen molar-refractivity contribution in [1.82, 2.24) is 10.2 Å². The third kappa shape index (κ3) is 6.14. The number of unbranched alkanes of at least 4 members (excludes halogenated alkanes) is 1. The standard InChI is InChI=1S/C27H35FN4O2/c28-21-14-12-20(13-15-21)23-19-24(23)30-16-6-5-11-25(26(33)31-17-7-2-8-18-31)32(27(29)34)22-9-3-1-4-10-22/h1,3-4,9-10,12-15,23-25,30H,2,5-8,11,16-19H2,(H2,29,34)/t23-,24-,25-/m0/s1. The first kappa shape index (κ1) is 24.2. The van der Waals surface area contributed by atoms with Gasteiger partial charge in [0.25, 0.3) is 0 Å². The normalized spacial score (nSPS) is 20.6. The van der Waals surface area contributed by atoms with E-state index in [0.29, 0.717) is 24.1 Å². The summed E-state index contributed by atoms with van der Waals surface area (Å²) in [6, 6.07) is 15.2. The van der Waals surface area contributed by atoms with E-state index in [1.807, 2.05) is 47.4 Å². The number of halogens is 1. The van der Waals surface area contributed by atoms with Crippen molar-refractivity contribution >= 4 is 17.6 Å². The zero-order valence-corrected chi connectivity index (χ0v) is 19.7. The Kier molecular flexibility index (Phi) is 8.16. The number of piperidine rings is 1. The van der Waals surface area contributed by atoms with Gasteiger partial charge in [-0.15, -0.1) is 0 Å². The van der Waals surface area contributed by atoms with Crippen molar-refractivity contribution in [2.45, 2.75) is 62.9 Å². The van der Waals surface area contributed by atoms with Crippen molar-refractivity contribution in [3.8, 4) is 0 Å². The lowest BCUT2D eigenvalue weighted by Gasteiger charge is -2.35. The van der Waals surface area contributed by atoms with Crippen LogP contribution in [0.25, 0.3) is 0 Å². The Morgan fingerprint density at radius 3 is 2.41 bits per heavy atom. The van der Waals surface area contributed by atoms with E-state index in [0.717, 1.165) is 58.2 Å². The van der Waals surface area contributed by atoms with E-state index in [1.54, 1.807) is 0 Å². The summed E-state index contributed by atoms with van der Waals surface area (Å²) >= 11 is 0. The highest BCUT2D eigenvalue weighted by Crippen LogP contribution is 2.40. The number of likely N-dealkylation sites (tertiary alicyclic amines) is 1. The summed E-state index contributed by atoms with van der Waals surface area (Å²) in [5.41, 5.74) is 7.60. The number of carbonyl (C=O) groups excluding carboxylic acids is 2. The van der Waals surface area contributed by atoms with E-state index in [2.05, 4.69) is 5.32 Å². The number of nitrogens with two attached hydrogens (primary N) is 1. The van der Waals surface area contributed by atoms with Gasteiger partial charge in [-0.05, 0) is 81.3 Å². The highest BCUT2D eigenvalue weighted by molar-refractivity contribution is 5.99. The van der Waals surface area contributed by atoms with Crippen LogP contribution in [0.5, 0.6) is 0 Å². The van der Waals surface area contributed by atoms with E-state index in [1.165, 1.54) is 22.6 Å². The van der Waals surface area contributed by atoms with Gasteiger partial charge < -0.3 is 16.0 Å². The van der Waals surface area contributed by atoms with Crippen molar-refractivity contribution in [3.05, 3.63) is 66.0 Å². The van der Waals surface area contributed by atoms with Gasteiger partial charge in [-0.25, -0.2) is 9.18 Å². The number of hydrogen-bond donors (Lipinski definition) is 2. The summed E-state index contributed by atoms with van der Waals surface area (Å²) < 4.78 is 13.1. The van der Waals surface area contributed by atoms with Gasteiger partial charge in [0.15, 0.2) is 0 Å². The summed E-state index contributed by atoms with van der Waals surface area (Å²) in [5.74, 6) is 0.231. The van der Waals surface area contributed by atoms with Crippen LogP contribution < -0.4 is 16.0 Å². The third-order valence-corrected chi connectivity index (χ3v) is 6.94. The van der Waals surface area contributed by atoms with Gasteiger partial charge in [0, 0.05) is 30.7 Å². The third-order valence-electron chi connectivity index (χ3n) is 6.94. The average molecular weight is 467 g/mol. The number of amides is 3. The Bertz CT molecular complexity index is 947. The van der Waals surface area contributed by atoms with E-state index in [4.69, 9.17) is 5.73 Å². The number of benzene rings is 2. The molecule has 1 saturated heterocycles. The lowest BCUT2D eigenvalue weighted by atomic mass is 10.0. The van der Waals surface area contributed by atoms with Crippen molar-refractivity contribution in [2.75, 3.05) is 24.5 Å². The first-order chi connectivity index (χ1) is 16.5. The van der Waals surface area contributed by atoms with Crippen LogP contribution >= 0.6 is 0 Å². The van der Waals surface area contributed by atoms with Crippen molar-refractivity contribution < 1.29 is 14.0 Å². The smallest absolute Gasteiger partial charge is 0.320 e. The van der Waals surface area contributed by atoms with Gasteiger partial charge in [0.2, 0.25) is 5.91 Å². The minimum Gasteiger partial charge on any atom is -0.351 e. The molecule has 34 heavy (non-hydrogen) atoms. The number of rotatable bonds is 10. The zero-order chi connectivity index (χ0) is 23.9. The predicted molar refractivity (Wildman–Crippen MR) is 132 cm³/mol. The molecule has 0 spiro atoms. The van der Waals surface area contributed by atoms with Gasteiger partial charge in [-0.3, -0.25) is 9.69 Å². The molecule has 2 aliphatic rings. The van der Waals surface area contributed by atoms with Crippen LogP contribution in [0.2, 0.25) is 0 Å². The molecule has 0 radical (unpaired) electrons. The first-order valence-corrected chi connectivity index (χ1v) is 12.5. The second kappa shape index (κ2) is 11.5. The molecule has 1 aliphatic carbocycles. The van der Waals surface area contributed by atoms with Crippen LogP contribution in [0.15, 0.2) is 54.6 Å². The Labute approximate surface area is 201 Å². The number of urea groups is 1. The predicted octanol–water partition coefficient (Wildman–Crippen LogP) is 4.41. The van der Waals surface area contributed by atoms with Crippen LogP contribution in [0.4, 0.5) is 14.9 Å². The SMILES string of the molecule is NC(=O)N(c1ccccc1)[C@@H](CCCCN[C@H]1C[C@H]1c1ccc(F)cc1)C(=O)N1CCCCC1. The van der Waals surface area contributed by atoms with E-state index >= 15 is 0 Å². The first-order valence-electron chi connectivity index (χ1n) is 12.5. The summed E-state index contributed by atoms with van der Waals surface area (Å²) in [5, 5.41) is 3.58. The highest BCUT2D eigenvalue weighted by Gasteiger charge is 2.38. The lowest BCUT2D eigenvalue weighted by Crippen LogP contribution is -2.54.